The maximum Gasteiger partial charge on any atom is 0.223 e. The second-order valence-corrected chi connectivity index (χ2v) is 14.2. The fraction of sp³-hybridized carbons (Fsp3) is 0.862. The van der Waals surface area contributed by atoms with Crippen LogP contribution in [0.15, 0.2) is 11.6 Å². The Morgan fingerprint density at radius 2 is 1.64 bits per heavy atom. The summed E-state index contributed by atoms with van der Waals surface area (Å²) < 4.78 is 0. The van der Waals surface area contributed by atoms with Crippen LogP contribution in [0.4, 0.5) is 0 Å². The third kappa shape index (κ3) is 2.85. The maximum absolute atomic E-state index is 14.2. The van der Waals surface area contributed by atoms with Crippen LogP contribution in [0, 0.1) is 50.7 Å². The lowest BCUT2D eigenvalue weighted by Gasteiger charge is -2.69. The van der Waals surface area contributed by atoms with Gasteiger partial charge in [-0.15, -0.1) is 0 Å². The Bertz CT molecular complexity index is 927. The average molecular weight is 455 g/mol. The van der Waals surface area contributed by atoms with Gasteiger partial charge in [0.2, 0.25) is 5.91 Å². The van der Waals surface area contributed by atoms with Crippen LogP contribution in [0.5, 0.6) is 0 Å². The van der Waals surface area contributed by atoms with Crippen molar-refractivity contribution in [1.82, 2.24) is 0 Å². The van der Waals surface area contributed by atoms with Gasteiger partial charge in [0.25, 0.3) is 0 Å². The highest BCUT2D eigenvalue weighted by molar-refractivity contribution is 5.95. The molecule has 5 aliphatic rings. The molecule has 4 saturated carbocycles. The van der Waals surface area contributed by atoms with Crippen molar-refractivity contribution in [1.29, 1.82) is 0 Å². The number of fused-ring (bicyclic) bond motifs is 7. The van der Waals surface area contributed by atoms with Crippen LogP contribution in [0.1, 0.15) is 99.3 Å². The molecule has 0 spiro atoms. The van der Waals surface area contributed by atoms with Crippen LogP contribution < -0.4 is 11.5 Å². The zero-order valence-corrected chi connectivity index (χ0v) is 21.8. The summed E-state index contributed by atoms with van der Waals surface area (Å²) in [6.07, 6.45) is 11.5. The molecule has 184 valence electrons. The van der Waals surface area contributed by atoms with Gasteiger partial charge < -0.3 is 11.5 Å². The Morgan fingerprint density at radius 1 is 0.970 bits per heavy atom. The summed E-state index contributed by atoms with van der Waals surface area (Å²) in [5.41, 5.74) is 13.5. The van der Waals surface area contributed by atoms with Gasteiger partial charge in [-0.2, -0.15) is 0 Å². The van der Waals surface area contributed by atoms with Crippen LogP contribution in [0.3, 0.4) is 0 Å². The predicted octanol–water partition coefficient (Wildman–Crippen LogP) is 5.39. The van der Waals surface area contributed by atoms with E-state index in [4.69, 9.17) is 11.5 Å². The summed E-state index contributed by atoms with van der Waals surface area (Å²) in [5, 5.41) is 0. The topological polar surface area (TPSA) is 86.2 Å². The SMILES string of the molecule is C[C@H]1C(N)CC[C@]2(C)[C@H]3C(=O)C=C4C5C[C@@](C)(C(N)=O)CC[C@]5(C)CC[C@@]4(C)[C@]3(C)CC[C@@H]12. The fourth-order valence-electron chi connectivity index (χ4n) is 10.1. The van der Waals surface area contributed by atoms with Crippen LogP contribution in [0.2, 0.25) is 0 Å². The molecular weight excluding hydrogens is 408 g/mol. The number of primary amides is 1. The van der Waals surface area contributed by atoms with Crippen molar-refractivity contribution in [3.63, 3.8) is 0 Å². The first-order valence-corrected chi connectivity index (χ1v) is 13.5. The second-order valence-electron chi connectivity index (χ2n) is 14.2. The molecule has 33 heavy (non-hydrogen) atoms. The predicted molar refractivity (Wildman–Crippen MR) is 132 cm³/mol. The van der Waals surface area contributed by atoms with E-state index in [1.165, 1.54) is 18.4 Å². The molecular formula is C29H46N2O2. The summed E-state index contributed by atoms with van der Waals surface area (Å²) in [6, 6.07) is 0.261. The van der Waals surface area contributed by atoms with Gasteiger partial charge in [0.05, 0.1) is 0 Å². The zero-order chi connectivity index (χ0) is 24.2. The monoisotopic (exact) mass is 454 g/mol. The molecule has 0 bridgehead atoms. The van der Waals surface area contributed by atoms with Crippen molar-refractivity contribution < 1.29 is 9.59 Å². The molecule has 0 aromatic carbocycles. The molecule has 0 aliphatic heterocycles. The van der Waals surface area contributed by atoms with Gasteiger partial charge in [-0.3, -0.25) is 9.59 Å². The van der Waals surface area contributed by atoms with E-state index in [1.54, 1.807) is 0 Å². The van der Waals surface area contributed by atoms with E-state index >= 15 is 0 Å². The Morgan fingerprint density at radius 3 is 2.30 bits per heavy atom. The minimum absolute atomic E-state index is 0.00241. The molecule has 0 heterocycles. The maximum atomic E-state index is 14.2. The summed E-state index contributed by atoms with van der Waals surface area (Å²) in [6.45, 7) is 14.1. The van der Waals surface area contributed by atoms with Crippen molar-refractivity contribution in [2.45, 2.75) is 105 Å². The van der Waals surface area contributed by atoms with Gasteiger partial charge in [-0.05, 0) is 103 Å². The summed E-state index contributed by atoms with van der Waals surface area (Å²) >= 11 is 0. The number of nitrogens with two attached hydrogens (primary N) is 2. The van der Waals surface area contributed by atoms with Crippen LogP contribution >= 0.6 is 0 Å². The highest BCUT2D eigenvalue weighted by atomic mass is 16.1. The molecule has 4 fully saturated rings. The van der Waals surface area contributed by atoms with Gasteiger partial charge in [0.1, 0.15) is 0 Å². The van der Waals surface area contributed by atoms with E-state index in [9.17, 15) is 9.59 Å². The van der Waals surface area contributed by atoms with Gasteiger partial charge in [-0.25, -0.2) is 0 Å². The van der Waals surface area contributed by atoms with Crippen molar-refractivity contribution in [3.05, 3.63) is 11.6 Å². The molecule has 5 aliphatic carbocycles. The van der Waals surface area contributed by atoms with Crippen molar-refractivity contribution in [2.24, 2.45) is 62.2 Å². The summed E-state index contributed by atoms with van der Waals surface area (Å²) in [7, 11) is 0. The quantitative estimate of drug-likeness (QED) is 0.557. The van der Waals surface area contributed by atoms with Gasteiger partial charge in [0, 0.05) is 17.4 Å². The van der Waals surface area contributed by atoms with E-state index in [0.29, 0.717) is 17.6 Å². The smallest absolute Gasteiger partial charge is 0.223 e. The number of amides is 1. The highest BCUT2D eigenvalue weighted by Crippen LogP contribution is 2.74. The highest BCUT2D eigenvalue weighted by Gasteiger charge is 2.68. The molecule has 4 heteroatoms. The first kappa shape index (κ1) is 23.6. The lowest BCUT2D eigenvalue weighted by atomic mass is 9.34. The van der Waals surface area contributed by atoms with Crippen LogP contribution in [0.25, 0.3) is 0 Å². The largest absolute Gasteiger partial charge is 0.369 e. The lowest BCUT2D eigenvalue weighted by molar-refractivity contribution is -0.176. The molecule has 5 rings (SSSR count). The van der Waals surface area contributed by atoms with Crippen LogP contribution in [-0.4, -0.2) is 17.7 Å². The Labute approximate surface area is 200 Å². The van der Waals surface area contributed by atoms with E-state index in [0.717, 1.165) is 44.9 Å². The fourth-order valence-corrected chi connectivity index (χ4v) is 10.1. The molecule has 4 N–H and O–H groups in total. The molecule has 0 saturated heterocycles. The first-order chi connectivity index (χ1) is 15.2. The Balaban J connectivity index is 1.61. The Kier molecular flexibility index (Phi) is 4.97. The second kappa shape index (κ2) is 6.95. The standard InChI is InChI=1S/C29H46N2O2/c1-17-18-7-10-29(6)23(27(18,4)9-8-21(17)30)22(32)15-19-20-16-26(3,24(31)33)12-11-25(20,2)13-14-28(19,29)5/h15,17-18,20-21,23H,7-14,16,30H2,1-6H3,(H2,31,33)/t17-,18+,20?,21?,23-,25-,26+,27+,28-,29-/m1/s1. The van der Waals surface area contributed by atoms with Crippen molar-refractivity contribution >= 4 is 11.7 Å². The number of hydrogen-bond donors (Lipinski definition) is 2. The van der Waals surface area contributed by atoms with Gasteiger partial charge in [-0.1, -0.05) is 47.1 Å². The molecule has 1 amide bonds. The molecule has 4 nitrogen and oxygen atoms in total. The molecule has 0 aromatic rings. The zero-order valence-electron chi connectivity index (χ0n) is 21.8. The van der Waals surface area contributed by atoms with Crippen LogP contribution in [-0.2, 0) is 9.59 Å². The van der Waals surface area contributed by atoms with E-state index in [1.807, 2.05) is 0 Å². The number of ketones is 1. The molecule has 0 aromatic heterocycles. The minimum atomic E-state index is -0.470. The average Bonchev–Trinajstić information content (AvgIpc) is 2.74. The van der Waals surface area contributed by atoms with Crippen molar-refractivity contribution in [3.8, 4) is 0 Å². The Hall–Kier alpha value is -1.16. The van der Waals surface area contributed by atoms with E-state index < -0.39 is 5.41 Å². The van der Waals surface area contributed by atoms with E-state index in [2.05, 4.69) is 47.6 Å². The number of rotatable bonds is 1. The van der Waals surface area contributed by atoms with E-state index in [-0.39, 0.29) is 45.4 Å². The first-order valence-electron chi connectivity index (χ1n) is 13.5. The lowest BCUT2D eigenvalue weighted by Crippen LogP contribution is -2.65. The van der Waals surface area contributed by atoms with Gasteiger partial charge >= 0.3 is 0 Å². The minimum Gasteiger partial charge on any atom is -0.369 e. The number of carbonyl (C=O) groups is 2. The summed E-state index contributed by atoms with van der Waals surface area (Å²) in [5.74, 6) is 1.53. The number of hydrogen-bond acceptors (Lipinski definition) is 3. The third-order valence-electron chi connectivity index (χ3n) is 12.8. The number of allylic oxidation sites excluding steroid dienone is 2. The van der Waals surface area contributed by atoms with Crippen molar-refractivity contribution in [2.75, 3.05) is 0 Å². The molecule has 10 atom stereocenters. The third-order valence-corrected chi connectivity index (χ3v) is 12.8. The van der Waals surface area contributed by atoms with Gasteiger partial charge in [0.15, 0.2) is 5.78 Å². The summed E-state index contributed by atoms with van der Waals surface area (Å²) in [4.78, 5) is 26.6. The molecule has 2 unspecified atom stereocenters. The normalized spacial score (nSPS) is 56.0. The number of carbonyl (C=O) groups excluding carboxylic acids is 2. The molecule has 0 radical (unpaired) electrons.